The van der Waals surface area contributed by atoms with Gasteiger partial charge in [-0.3, -0.25) is 9.59 Å². The quantitative estimate of drug-likeness (QED) is 0.0357. The maximum absolute atomic E-state index is 12.6. The van der Waals surface area contributed by atoms with Crippen molar-refractivity contribution in [1.82, 2.24) is 0 Å². The van der Waals surface area contributed by atoms with Crippen molar-refractivity contribution in [1.29, 1.82) is 0 Å². The molecule has 0 saturated carbocycles. The van der Waals surface area contributed by atoms with Gasteiger partial charge < -0.3 is 14.2 Å². The second kappa shape index (κ2) is 43.3. The van der Waals surface area contributed by atoms with Crippen LogP contribution in [0.3, 0.4) is 0 Å². The van der Waals surface area contributed by atoms with E-state index in [0.29, 0.717) is 19.4 Å². The third kappa shape index (κ3) is 40.6. The predicted octanol–water partition coefficient (Wildman–Crippen LogP) is 14.4. The van der Waals surface area contributed by atoms with E-state index < -0.39 is 6.10 Å². The Labute approximate surface area is 322 Å². The largest absolute Gasteiger partial charge is 0.462 e. The van der Waals surface area contributed by atoms with E-state index in [4.69, 9.17) is 14.2 Å². The standard InChI is InChI=1S/C47H84O5/c1-4-7-10-13-16-19-20-21-22-23-24-25-26-27-28-30-31-34-37-40-46(48)51-44-45(43-50-42-39-36-33-18-15-12-9-6-3)52-47(49)41-38-35-32-29-17-14-11-8-5-2/h7,10,16,19,21-22,24-25,45H,4-6,8-9,11-15,17-18,20,23,26-44H2,1-3H3/b10-7-,19-16-,22-21-,25-24-. The van der Waals surface area contributed by atoms with E-state index in [9.17, 15) is 9.59 Å². The fourth-order valence-corrected chi connectivity index (χ4v) is 6.09. The van der Waals surface area contributed by atoms with E-state index in [1.54, 1.807) is 0 Å². The van der Waals surface area contributed by atoms with Crippen LogP contribution in [0.4, 0.5) is 0 Å². The Bertz CT molecular complexity index is 873. The van der Waals surface area contributed by atoms with Crippen LogP contribution in [-0.2, 0) is 23.8 Å². The molecule has 0 aromatic carbocycles. The van der Waals surface area contributed by atoms with Crippen LogP contribution in [0, 0.1) is 0 Å². The Morgan fingerprint density at radius 2 is 0.865 bits per heavy atom. The van der Waals surface area contributed by atoms with E-state index in [1.165, 1.54) is 103 Å². The minimum absolute atomic E-state index is 0.0804. The second-order valence-electron chi connectivity index (χ2n) is 14.6. The van der Waals surface area contributed by atoms with Crippen LogP contribution in [-0.4, -0.2) is 37.9 Å². The van der Waals surface area contributed by atoms with Crippen molar-refractivity contribution in [3.63, 3.8) is 0 Å². The monoisotopic (exact) mass is 729 g/mol. The molecule has 1 unspecified atom stereocenters. The van der Waals surface area contributed by atoms with Crippen LogP contribution >= 0.6 is 0 Å². The Hall–Kier alpha value is -2.14. The molecule has 1 atom stereocenters. The van der Waals surface area contributed by atoms with E-state index in [0.717, 1.165) is 77.0 Å². The van der Waals surface area contributed by atoms with Crippen molar-refractivity contribution in [3.8, 4) is 0 Å². The molecule has 0 amide bonds. The third-order valence-corrected chi connectivity index (χ3v) is 9.38. The molecule has 5 nitrogen and oxygen atoms in total. The van der Waals surface area contributed by atoms with E-state index in [-0.39, 0.29) is 25.2 Å². The van der Waals surface area contributed by atoms with Gasteiger partial charge in [0, 0.05) is 19.4 Å². The first-order chi connectivity index (χ1) is 25.6. The predicted molar refractivity (Wildman–Crippen MR) is 224 cm³/mol. The van der Waals surface area contributed by atoms with E-state index >= 15 is 0 Å². The van der Waals surface area contributed by atoms with E-state index in [1.807, 2.05) is 0 Å². The normalized spacial score (nSPS) is 12.6. The van der Waals surface area contributed by atoms with Crippen molar-refractivity contribution in [2.24, 2.45) is 0 Å². The lowest BCUT2D eigenvalue weighted by atomic mass is 10.1. The summed E-state index contributed by atoms with van der Waals surface area (Å²) in [5, 5.41) is 0. The molecule has 0 N–H and O–H groups in total. The van der Waals surface area contributed by atoms with Gasteiger partial charge >= 0.3 is 11.9 Å². The fourth-order valence-electron chi connectivity index (χ4n) is 6.09. The lowest BCUT2D eigenvalue weighted by Gasteiger charge is -2.18. The highest BCUT2D eigenvalue weighted by Gasteiger charge is 2.17. The lowest BCUT2D eigenvalue weighted by Crippen LogP contribution is -2.30. The highest BCUT2D eigenvalue weighted by molar-refractivity contribution is 5.70. The zero-order valence-electron chi connectivity index (χ0n) is 34.6. The SMILES string of the molecule is CC/C=C\C/C=C\C/C=C\C/C=C\CCCCCCCCC(=O)OCC(COCCCCCCCCCC)OC(=O)CCCCCCCCCCC. The lowest BCUT2D eigenvalue weighted by molar-refractivity contribution is -0.163. The zero-order valence-corrected chi connectivity index (χ0v) is 34.6. The topological polar surface area (TPSA) is 61.8 Å². The molecule has 0 radical (unpaired) electrons. The number of unbranched alkanes of at least 4 members (excludes halogenated alkanes) is 21. The molecule has 0 spiro atoms. The van der Waals surface area contributed by atoms with Crippen molar-refractivity contribution in [2.45, 2.75) is 219 Å². The Morgan fingerprint density at radius 1 is 0.442 bits per heavy atom. The number of carbonyl (C=O) groups is 2. The van der Waals surface area contributed by atoms with Crippen LogP contribution in [0.2, 0.25) is 0 Å². The number of ether oxygens (including phenoxy) is 3. The van der Waals surface area contributed by atoms with Gasteiger partial charge in [0.25, 0.3) is 0 Å². The van der Waals surface area contributed by atoms with Crippen LogP contribution in [0.15, 0.2) is 48.6 Å². The summed E-state index contributed by atoms with van der Waals surface area (Å²) in [4.78, 5) is 25.1. The molecule has 0 aliphatic rings. The van der Waals surface area contributed by atoms with Gasteiger partial charge in [0.05, 0.1) is 6.61 Å². The first kappa shape index (κ1) is 49.9. The molecule has 0 aromatic heterocycles. The zero-order chi connectivity index (χ0) is 37.8. The summed E-state index contributed by atoms with van der Waals surface area (Å²) in [5.41, 5.74) is 0. The summed E-state index contributed by atoms with van der Waals surface area (Å²) in [6.07, 6.45) is 51.1. The summed E-state index contributed by atoms with van der Waals surface area (Å²) in [6.45, 7) is 7.67. The minimum Gasteiger partial charge on any atom is -0.462 e. The number of allylic oxidation sites excluding steroid dienone is 8. The first-order valence-corrected chi connectivity index (χ1v) is 22.2. The summed E-state index contributed by atoms with van der Waals surface area (Å²) in [6, 6.07) is 0. The molecule has 302 valence electrons. The second-order valence-corrected chi connectivity index (χ2v) is 14.6. The number of hydrogen-bond acceptors (Lipinski definition) is 5. The van der Waals surface area contributed by atoms with Crippen LogP contribution in [0.1, 0.15) is 213 Å². The molecule has 52 heavy (non-hydrogen) atoms. The van der Waals surface area contributed by atoms with Crippen molar-refractivity contribution < 1.29 is 23.8 Å². The summed E-state index contributed by atoms with van der Waals surface area (Å²) in [7, 11) is 0. The van der Waals surface area contributed by atoms with Gasteiger partial charge in [0.1, 0.15) is 6.61 Å². The maximum Gasteiger partial charge on any atom is 0.306 e. The van der Waals surface area contributed by atoms with Crippen molar-refractivity contribution in [2.75, 3.05) is 19.8 Å². The number of esters is 2. The van der Waals surface area contributed by atoms with Gasteiger partial charge in [0.2, 0.25) is 0 Å². The van der Waals surface area contributed by atoms with Crippen molar-refractivity contribution >= 4 is 11.9 Å². The minimum atomic E-state index is -0.533. The molecular formula is C47H84O5. The molecule has 0 rings (SSSR count). The third-order valence-electron chi connectivity index (χ3n) is 9.38. The molecule has 0 heterocycles. The van der Waals surface area contributed by atoms with E-state index in [2.05, 4.69) is 69.4 Å². The molecule has 0 bridgehead atoms. The molecule has 0 aliphatic heterocycles. The average molecular weight is 729 g/mol. The van der Waals surface area contributed by atoms with Gasteiger partial charge in [-0.1, -0.05) is 191 Å². The van der Waals surface area contributed by atoms with Crippen LogP contribution < -0.4 is 0 Å². The number of rotatable bonds is 40. The van der Waals surface area contributed by atoms with Crippen molar-refractivity contribution in [3.05, 3.63) is 48.6 Å². The first-order valence-electron chi connectivity index (χ1n) is 22.2. The molecule has 5 heteroatoms. The summed E-state index contributed by atoms with van der Waals surface area (Å²) in [5.74, 6) is -0.413. The maximum atomic E-state index is 12.6. The highest BCUT2D eigenvalue weighted by Crippen LogP contribution is 2.13. The Kier molecular flexibility index (Phi) is 41.5. The van der Waals surface area contributed by atoms with Gasteiger partial charge in [-0.25, -0.2) is 0 Å². The summed E-state index contributed by atoms with van der Waals surface area (Å²) >= 11 is 0. The number of hydrogen-bond donors (Lipinski definition) is 0. The molecule has 0 fully saturated rings. The number of carbonyl (C=O) groups excluding carboxylic acids is 2. The van der Waals surface area contributed by atoms with Gasteiger partial charge in [-0.05, 0) is 57.8 Å². The van der Waals surface area contributed by atoms with Crippen LogP contribution in [0.25, 0.3) is 0 Å². The molecular weight excluding hydrogens is 645 g/mol. The van der Waals surface area contributed by atoms with Gasteiger partial charge in [0.15, 0.2) is 6.10 Å². The summed E-state index contributed by atoms with van der Waals surface area (Å²) < 4.78 is 17.2. The fraction of sp³-hybridized carbons (Fsp3) is 0.787. The Balaban J connectivity index is 4.14. The molecule has 0 saturated heterocycles. The Morgan fingerprint density at radius 3 is 1.38 bits per heavy atom. The smallest absolute Gasteiger partial charge is 0.306 e. The average Bonchev–Trinajstić information content (AvgIpc) is 3.14. The molecule has 0 aromatic rings. The highest BCUT2D eigenvalue weighted by atomic mass is 16.6. The molecule has 0 aliphatic carbocycles. The van der Waals surface area contributed by atoms with Gasteiger partial charge in [-0.2, -0.15) is 0 Å². The van der Waals surface area contributed by atoms with Crippen LogP contribution in [0.5, 0.6) is 0 Å². The van der Waals surface area contributed by atoms with Gasteiger partial charge in [-0.15, -0.1) is 0 Å².